The van der Waals surface area contributed by atoms with Gasteiger partial charge in [-0.25, -0.2) is 4.98 Å². The fourth-order valence-electron chi connectivity index (χ4n) is 2.31. The van der Waals surface area contributed by atoms with Crippen LogP contribution in [0.2, 0.25) is 5.02 Å². The van der Waals surface area contributed by atoms with Gasteiger partial charge in [-0.2, -0.15) is 4.98 Å². The predicted molar refractivity (Wildman–Crippen MR) is 92.2 cm³/mol. The van der Waals surface area contributed by atoms with Crippen molar-refractivity contribution in [3.63, 3.8) is 0 Å². The highest BCUT2D eigenvalue weighted by atomic mass is 35.5. The molecule has 1 fully saturated rings. The van der Waals surface area contributed by atoms with E-state index in [2.05, 4.69) is 34.4 Å². The van der Waals surface area contributed by atoms with Crippen molar-refractivity contribution >= 4 is 29.1 Å². The molecular weight excluding hydrogens is 296 g/mol. The van der Waals surface area contributed by atoms with Gasteiger partial charge in [0.05, 0.1) is 5.69 Å². The molecule has 0 aliphatic heterocycles. The molecule has 1 aliphatic carbocycles. The lowest BCUT2D eigenvalue weighted by Gasteiger charge is -2.13. The molecule has 4 nitrogen and oxygen atoms in total. The average molecular weight is 317 g/mol. The minimum Gasteiger partial charge on any atom is -0.352 e. The summed E-state index contributed by atoms with van der Waals surface area (Å²) in [5.41, 5.74) is 3.15. The molecule has 2 aromatic rings. The zero-order valence-electron chi connectivity index (χ0n) is 13.2. The van der Waals surface area contributed by atoms with Crippen molar-refractivity contribution in [3.8, 4) is 0 Å². The van der Waals surface area contributed by atoms with E-state index >= 15 is 0 Å². The molecule has 1 aliphatic rings. The highest BCUT2D eigenvalue weighted by Gasteiger charge is 2.26. The third-order valence-corrected chi connectivity index (χ3v) is 4.01. The standard InChI is InChI=1S/C17H21ClN4/c1-10(2)19-17-21-15(12-4-5-12)9-16(22-17)20-13-6-7-14(18)11(3)8-13/h6-10,12H,4-5H2,1-3H3,(H2,19,20,21,22). The van der Waals surface area contributed by atoms with Crippen molar-refractivity contribution in [3.05, 3.63) is 40.5 Å². The summed E-state index contributed by atoms with van der Waals surface area (Å²) in [6, 6.07) is 8.24. The largest absolute Gasteiger partial charge is 0.352 e. The lowest BCUT2D eigenvalue weighted by Crippen LogP contribution is -2.14. The van der Waals surface area contributed by atoms with Crippen LogP contribution in [0.25, 0.3) is 0 Å². The third kappa shape index (κ3) is 3.69. The van der Waals surface area contributed by atoms with E-state index in [9.17, 15) is 0 Å². The first-order valence-corrected chi connectivity index (χ1v) is 8.08. The van der Waals surface area contributed by atoms with E-state index in [0.29, 0.717) is 17.9 Å². The summed E-state index contributed by atoms with van der Waals surface area (Å²) in [4.78, 5) is 9.19. The summed E-state index contributed by atoms with van der Waals surface area (Å²) in [5, 5.41) is 7.42. The normalized spacial score (nSPS) is 14.2. The topological polar surface area (TPSA) is 49.8 Å². The Kier molecular flexibility index (Phi) is 4.21. The minimum atomic E-state index is 0.306. The smallest absolute Gasteiger partial charge is 0.225 e. The van der Waals surface area contributed by atoms with Crippen LogP contribution in [0.1, 0.15) is 43.9 Å². The molecule has 3 rings (SSSR count). The summed E-state index contributed by atoms with van der Waals surface area (Å²) in [7, 11) is 0. The molecule has 1 saturated carbocycles. The van der Waals surface area contributed by atoms with Gasteiger partial charge in [-0.1, -0.05) is 11.6 Å². The first-order valence-electron chi connectivity index (χ1n) is 7.70. The van der Waals surface area contributed by atoms with Gasteiger partial charge in [0.25, 0.3) is 0 Å². The fourth-order valence-corrected chi connectivity index (χ4v) is 2.43. The van der Waals surface area contributed by atoms with Crippen molar-refractivity contribution in [2.24, 2.45) is 0 Å². The third-order valence-electron chi connectivity index (χ3n) is 3.59. The first-order chi connectivity index (χ1) is 10.5. The number of anilines is 3. The molecule has 0 saturated heterocycles. The van der Waals surface area contributed by atoms with Crippen molar-refractivity contribution in [2.45, 2.75) is 45.6 Å². The van der Waals surface area contributed by atoms with Gasteiger partial charge in [0.2, 0.25) is 5.95 Å². The van der Waals surface area contributed by atoms with E-state index < -0.39 is 0 Å². The van der Waals surface area contributed by atoms with Crippen LogP contribution in [-0.4, -0.2) is 16.0 Å². The number of aryl methyl sites for hydroxylation is 1. The highest BCUT2D eigenvalue weighted by molar-refractivity contribution is 6.31. The molecule has 116 valence electrons. The molecule has 0 radical (unpaired) electrons. The number of rotatable bonds is 5. The maximum atomic E-state index is 6.08. The van der Waals surface area contributed by atoms with Crippen molar-refractivity contribution in [1.29, 1.82) is 0 Å². The molecule has 0 atom stereocenters. The molecular formula is C17H21ClN4. The molecule has 0 unspecified atom stereocenters. The van der Waals surface area contributed by atoms with Gasteiger partial charge in [0.1, 0.15) is 5.82 Å². The molecule has 1 heterocycles. The van der Waals surface area contributed by atoms with Crippen LogP contribution >= 0.6 is 11.6 Å². The van der Waals surface area contributed by atoms with Crippen LogP contribution in [-0.2, 0) is 0 Å². The zero-order chi connectivity index (χ0) is 15.7. The lowest BCUT2D eigenvalue weighted by atomic mass is 10.2. The lowest BCUT2D eigenvalue weighted by molar-refractivity contribution is 0.864. The van der Waals surface area contributed by atoms with Crippen LogP contribution in [0.15, 0.2) is 24.3 Å². The van der Waals surface area contributed by atoms with Gasteiger partial charge >= 0.3 is 0 Å². The van der Waals surface area contributed by atoms with Crippen LogP contribution in [0.4, 0.5) is 17.5 Å². The number of hydrogen-bond acceptors (Lipinski definition) is 4. The maximum absolute atomic E-state index is 6.08. The number of halogens is 1. The zero-order valence-corrected chi connectivity index (χ0v) is 13.9. The van der Waals surface area contributed by atoms with E-state index in [4.69, 9.17) is 11.6 Å². The summed E-state index contributed by atoms with van der Waals surface area (Å²) >= 11 is 6.08. The first kappa shape index (κ1) is 15.1. The summed E-state index contributed by atoms with van der Waals surface area (Å²) in [6.45, 7) is 6.17. The number of benzene rings is 1. The monoisotopic (exact) mass is 316 g/mol. The van der Waals surface area contributed by atoms with Crippen LogP contribution in [0.3, 0.4) is 0 Å². The number of aromatic nitrogens is 2. The maximum Gasteiger partial charge on any atom is 0.225 e. The van der Waals surface area contributed by atoms with Gasteiger partial charge in [0.15, 0.2) is 0 Å². The van der Waals surface area contributed by atoms with E-state index in [1.165, 1.54) is 12.8 Å². The van der Waals surface area contributed by atoms with Crippen molar-refractivity contribution < 1.29 is 0 Å². The van der Waals surface area contributed by atoms with Crippen molar-refractivity contribution in [2.75, 3.05) is 10.6 Å². The Morgan fingerprint density at radius 1 is 1.18 bits per heavy atom. The minimum absolute atomic E-state index is 0.306. The van der Waals surface area contributed by atoms with Gasteiger partial charge in [-0.3, -0.25) is 0 Å². The molecule has 1 aromatic carbocycles. The molecule has 5 heteroatoms. The Bertz CT molecular complexity index is 680. The molecule has 1 aromatic heterocycles. The number of nitrogens with zero attached hydrogens (tertiary/aromatic N) is 2. The van der Waals surface area contributed by atoms with Gasteiger partial charge < -0.3 is 10.6 Å². The summed E-state index contributed by atoms with van der Waals surface area (Å²) in [6.07, 6.45) is 2.44. The van der Waals surface area contributed by atoms with E-state index in [1.54, 1.807) is 0 Å². The second-order valence-electron chi connectivity index (χ2n) is 6.16. The summed E-state index contributed by atoms with van der Waals surface area (Å²) < 4.78 is 0. The Hall–Kier alpha value is -1.81. The molecule has 2 N–H and O–H groups in total. The SMILES string of the molecule is Cc1cc(Nc2cc(C3CC3)nc(NC(C)C)n2)ccc1Cl. The molecule has 0 spiro atoms. The molecule has 22 heavy (non-hydrogen) atoms. The average Bonchev–Trinajstić information content (AvgIpc) is 3.26. The highest BCUT2D eigenvalue weighted by Crippen LogP contribution is 2.40. The van der Waals surface area contributed by atoms with Gasteiger partial charge in [-0.15, -0.1) is 0 Å². The van der Waals surface area contributed by atoms with Gasteiger partial charge in [-0.05, 0) is 57.4 Å². The second kappa shape index (κ2) is 6.13. The Labute approximate surface area is 136 Å². The van der Waals surface area contributed by atoms with Crippen LogP contribution in [0, 0.1) is 6.92 Å². The molecule has 0 bridgehead atoms. The van der Waals surface area contributed by atoms with Crippen LogP contribution in [0.5, 0.6) is 0 Å². The quantitative estimate of drug-likeness (QED) is 0.825. The Morgan fingerprint density at radius 3 is 2.59 bits per heavy atom. The van der Waals surface area contributed by atoms with Crippen molar-refractivity contribution in [1.82, 2.24) is 9.97 Å². The number of hydrogen-bond donors (Lipinski definition) is 2. The Morgan fingerprint density at radius 2 is 1.95 bits per heavy atom. The Balaban J connectivity index is 1.87. The van der Waals surface area contributed by atoms with E-state index in [-0.39, 0.29) is 0 Å². The molecule has 0 amide bonds. The van der Waals surface area contributed by atoms with Gasteiger partial charge in [0, 0.05) is 28.7 Å². The fraction of sp³-hybridized carbons (Fsp3) is 0.412. The number of nitrogens with one attached hydrogen (secondary N) is 2. The summed E-state index contributed by atoms with van der Waals surface area (Å²) in [5.74, 6) is 2.09. The predicted octanol–water partition coefficient (Wildman–Crippen LogP) is 4.88. The van der Waals surface area contributed by atoms with E-state index in [0.717, 1.165) is 27.8 Å². The van der Waals surface area contributed by atoms with Crippen LogP contribution < -0.4 is 10.6 Å². The second-order valence-corrected chi connectivity index (χ2v) is 6.57. The van der Waals surface area contributed by atoms with E-state index in [1.807, 2.05) is 31.2 Å².